The van der Waals surface area contributed by atoms with Crippen LogP contribution in [0.5, 0.6) is 5.75 Å². The lowest BCUT2D eigenvalue weighted by Crippen LogP contribution is -2.25. The molecule has 2 aromatic heterocycles. The first-order chi connectivity index (χ1) is 16.5. The van der Waals surface area contributed by atoms with E-state index >= 15 is 0 Å². The molecule has 5 nitrogen and oxygen atoms in total. The van der Waals surface area contributed by atoms with Crippen LogP contribution in [-0.2, 0) is 21.5 Å². The number of pyridine rings is 1. The van der Waals surface area contributed by atoms with Gasteiger partial charge in [-0.2, -0.15) is 8.78 Å². The van der Waals surface area contributed by atoms with Crippen molar-refractivity contribution < 1.29 is 23.0 Å². The van der Waals surface area contributed by atoms with Crippen LogP contribution in [0.3, 0.4) is 0 Å². The Bertz CT molecular complexity index is 1060. The van der Waals surface area contributed by atoms with Crippen LogP contribution in [0.2, 0.25) is 25.7 Å². The van der Waals surface area contributed by atoms with Crippen molar-refractivity contribution in [2.75, 3.05) is 13.4 Å². The van der Waals surface area contributed by atoms with Gasteiger partial charge in [-0.05, 0) is 50.1 Å². The highest BCUT2D eigenvalue weighted by Gasteiger charge is 2.29. The van der Waals surface area contributed by atoms with E-state index in [1.165, 1.54) is 11.3 Å². The summed E-state index contributed by atoms with van der Waals surface area (Å²) in [5, 5.41) is 0.804. The van der Waals surface area contributed by atoms with Gasteiger partial charge < -0.3 is 14.2 Å². The fraction of sp³-hybridized carbons (Fsp3) is 0.462. The standard InChI is InChI=1S/C26H34F2N2O3SSi/c1-26(2,32-18-31-14-15-35(3,4)5)23-17-30-24(34-23)21(16-19-10-12-29-13-11-19)20-8-6-7-9-22(20)33-25(27)28/h6-13,17,21,25H,14-16,18H2,1-5H3. The van der Waals surface area contributed by atoms with Crippen molar-refractivity contribution in [1.29, 1.82) is 0 Å². The summed E-state index contributed by atoms with van der Waals surface area (Å²) in [5.41, 5.74) is 1.09. The van der Waals surface area contributed by atoms with Gasteiger partial charge in [0.1, 0.15) is 23.2 Å². The molecule has 9 heteroatoms. The van der Waals surface area contributed by atoms with E-state index in [0.29, 0.717) is 18.6 Å². The Morgan fingerprint density at radius 3 is 2.46 bits per heavy atom. The van der Waals surface area contributed by atoms with E-state index in [-0.39, 0.29) is 18.5 Å². The van der Waals surface area contributed by atoms with Crippen molar-refractivity contribution >= 4 is 19.4 Å². The van der Waals surface area contributed by atoms with Gasteiger partial charge in [-0.25, -0.2) is 4.98 Å². The quantitative estimate of drug-likeness (QED) is 0.137. The van der Waals surface area contributed by atoms with Gasteiger partial charge in [0.25, 0.3) is 0 Å². The van der Waals surface area contributed by atoms with Crippen LogP contribution in [0.4, 0.5) is 8.78 Å². The predicted molar refractivity (Wildman–Crippen MR) is 138 cm³/mol. The summed E-state index contributed by atoms with van der Waals surface area (Å²) in [6, 6.07) is 11.8. The van der Waals surface area contributed by atoms with E-state index in [1.54, 1.807) is 30.7 Å². The molecule has 2 heterocycles. The number of hydrogen-bond donors (Lipinski definition) is 0. The SMILES string of the molecule is CC(C)(OCOCC[Si](C)(C)C)c1cnc(C(Cc2ccncc2)c2ccccc2OC(F)F)s1. The second-order valence-electron chi connectivity index (χ2n) is 10.1. The van der Waals surface area contributed by atoms with Gasteiger partial charge in [0.15, 0.2) is 0 Å². The first-order valence-electron chi connectivity index (χ1n) is 11.7. The second kappa shape index (κ2) is 12.2. The molecular weight excluding hydrogens is 486 g/mol. The van der Waals surface area contributed by atoms with Crippen molar-refractivity contribution in [2.45, 2.75) is 64.1 Å². The Morgan fingerprint density at radius 1 is 1.06 bits per heavy atom. The molecule has 3 rings (SSSR count). The summed E-state index contributed by atoms with van der Waals surface area (Å²) in [7, 11) is -1.16. The number of para-hydroxylation sites is 1. The van der Waals surface area contributed by atoms with Crippen LogP contribution in [0, 0.1) is 0 Å². The lowest BCUT2D eigenvalue weighted by molar-refractivity contribution is -0.127. The Hall–Kier alpha value is -2.20. The lowest BCUT2D eigenvalue weighted by atomic mass is 9.92. The van der Waals surface area contributed by atoms with Gasteiger partial charge in [0, 0.05) is 44.8 Å². The fourth-order valence-electron chi connectivity index (χ4n) is 3.48. The third kappa shape index (κ3) is 8.45. The maximum atomic E-state index is 13.1. The number of hydrogen-bond acceptors (Lipinski definition) is 6. The van der Waals surface area contributed by atoms with Gasteiger partial charge >= 0.3 is 6.61 Å². The molecule has 0 aliphatic heterocycles. The topological polar surface area (TPSA) is 53.5 Å². The van der Waals surface area contributed by atoms with Crippen LogP contribution in [-0.4, -0.2) is 38.1 Å². The maximum absolute atomic E-state index is 13.1. The molecule has 0 saturated heterocycles. The molecule has 0 amide bonds. The average molecular weight is 521 g/mol. The Morgan fingerprint density at radius 2 is 1.77 bits per heavy atom. The molecule has 1 atom stereocenters. The van der Waals surface area contributed by atoms with E-state index in [0.717, 1.165) is 21.5 Å². The monoisotopic (exact) mass is 520 g/mol. The Labute approximate surface area is 211 Å². The molecule has 0 bridgehead atoms. The largest absolute Gasteiger partial charge is 0.435 e. The maximum Gasteiger partial charge on any atom is 0.387 e. The molecule has 0 N–H and O–H groups in total. The average Bonchev–Trinajstić information content (AvgIpc) is 3.28. The van der Waals surface area contributed by atoms with E-state index < -0.39 is 20.3 Å². The molecule has 0 radical (unpaired) electrons. The van der Waals surface area contributed by atoms with Gasteiger partial charge in [-0.15, -0.1) is 11.3 Å². The number of thiazole rings is 1. The van der Waals surface area contributed by atoms with Gasteiger partial charge in [0.2, 0.25) is 0 Å². The predicted octanol–water partition coefficient (Wildman–Crippen LogP) is 7.08. The summed E-state index contributed by atoms with van der Waals surface area (Å²) in [4.78, 5) is 9.72. The van der Waals surface area contributed by atoms with Crippen LogP contribution >= 0.6 is 11.3 Å². The Kier molecular flexibility index (Phi) is 9.52. The zero-order valence-corrected chi connectivity index (χ0v) is 22.8. The molecule has 35 heavy (non-hydrogen) atoms. The number of alkyl halides is 2. The zero-order chi connectivity index (χ0) is 25.5. The minimum Gasteiger partial charge on any atom is -0.435 e. The van der Waals surface area contributed by atoms with Crippen molar-refractivity contribution in [3.8, 4) is 5.75 Å². The van der Waals surface area contributed by atoms with Gasteiger partial charge in [0.05, 0.1) is 4.88 Å². The summed E-state index contributed by atoms with van der Waals surface area (Å²) < 4.78 is 42.9. The van der Waals surface area contributed by atoms with E-state index in [2.05, 4.69) is 24.6 Å². The molecule has 0 fully saturated rings. The van der Waals surface area contributed by atoms with E-state index in [9.17, 15) is 8.78 Å². The molecule has 1 aromatic carbocycles. The van der Waals surface area contributed by atoms with Crippen molar-refractivity contribution in [2.24, 2.45) is 0 Å². The normalized spacial score (nSPS) is 13.3. The lowest BCUT2D eigenvalue weighted by Gasteiger charge is -2.24. The summed E-state index contributed by atoms with van der Waals surface area (Å²) in [5.74, 6) is -0.112. The molecule has 0 aliphatic carbocycles. The molecule has 190 valence electrons. The fourth-order valence-corrected chi connectivity index (χ4v) is 5.33. The summed E-state index contributed by atoms with van der Waals surface area (Å²) >= 11 is 1.51. The van der Waals surface area contributed by atoms with E-state index in [4.69, 9.17) is 19.2 Å². The molecule has 1 unspecified atom stereocenters. The van der Waals surface area contributed by atoms with Gasteiger partial charge in [-0.3, -0.25) is 4.98 Å². The van der Waals surface area contributed by atoms with Crippen molar-refractivity contribution in [3.05, 3.63) is 76.0 Å². The first kappa shape index (κ1) is 27.4. The number of halogens is 2. The minimum atomic E-state index is -2.90. The highest BCUT2D eigenvalue weighted by Crippen LogP contribution is 2.39. The summed E-state index contributed by atoms with van der Waals surface area (Å²) in [6.45, 7) is 8.89. The number of rotatable bonds is 13. The number of nitrogens with zero attached hydrogens (tertiary/aromatic N) is 2. The third-order valence-corrected chi connectivity index (χ3v) is 8.73. The van der Waals surface area contributed by atoms with Crippen LogP contribution < -0.4 is 4.74 Å². The van der Waals surface area contributed by atoms with Crippen LogP contribution in [0.1, 0.15) is 40.8 Å². The number of aromatic nitrogens is 2. The van der Waals surface area contributed by atoms with Crippen molar-refractivity contribution in [1.82, 2.24) is 9.97 Å². The van der Waals surface area contributed by atoms with E-state index in [1.807, 2.05) is 38.1 Å². The zero-order valence-electron chi connectivity index (χ0n) is 21.0. The highest BCUT2D eigenvalue weighted by molar-refractivity contribution is 7.11. The summed E-state index contributed by atoms with van der Waals surface area (Å²) in [6.07, 6.45) is 5.82. The first-order valence-corrected chi connectivity index (χ1v) is 16.2. The molecule has 0 spiro atoms. The molecule has 0 aliphatic rings. The second-order valence-corrected chi connectivity index (χ2v) is 16.8. The molecule has 3 aromatic rings. The smallest absolute Gasteiger partial charge is 0.387 e. The molecular formula is C26H34F2N2O3SSi. The molecule has 0 saturated carbocycles. The minimum absolute atomic E-state index is 0.157. The Balaban J connectivity index is 1.82. The van der Waals surface area contributed by atoms with Crippen LogP contribution in [0.15, 0.2) is 55.0 Å². The van der Waals surface area contributed by atoms with Gasteiger partial charge in [-0.1, -0.05) is 37.8 Å². The third-order valence-electron chi connectivity index (χ3n) is 5.61. The number of benzene rings is 1. The van der Waals surface area contributed by atoms with Crippen LogP contribution in [0.25, 0.3) is 0 Å². The highest BCUT2D eigenvalue weighted by atomic mass is 32.1. The van der Waals surface area contributed by atoms with Crippen molar-refractivity contribution in [3.63, 3.8) is 0 Å². The number of ether oxygens (including phenoxy) is 3.